The van der Waals surface area contributed by atoms with Gasteiger partial charge in [0.1, 0.15) is 5.69 Å². The zero-order valence-corrected chi connectivity index (χ0v) is 13.1. The van der Waals surface area contributed by atoms with Crippen molar-refractivity contribution in [2.24, 2.45) is 0 Å². The molecule has 0 fully saturated rings. The van der Waals surface area contributed by atoms with E-state index in [9.17, 15) is 4.79 Å². The molecule has 2 aromatic heterocycles. The normalized spacial score (nSPS) is 10.5. The molecule has 0 saturated carbocycles. The third-order valence-electron chi connectivity index (χ3n) is 3.31. The molecule has 0 aliphatic carbocycles. The highest BCUT2D eigenvalue weighted by Gasteiger charge is 2.13. The van der Waals surface area contributed by atoms with E-state index in [1.54, 1.807) is 23.6 Å². The summed E-state index contributed by atoms with van der Waals surface area (Å²) in [4.78, 5) is 21.0. The van der Waals surface area contributed by atoms with Crippen LogP contribution in [0.5, 0.6) is 0 Å². The minimum absolute atomic E-state index is 0.386. The fourth-order valence-corrected chi connectivity index (χ4v) is 2.90. The van der Waals surface area contributed by atoms with Crippen LogP contribution in [0, 0.1) is 0 Å². The summed E-state index contributed by atoms with van der Waals surface area (Å²) in [6.07, 6.45) is 1.76. The van der Waals surface area contributed by atoms with Crippen LogP contribution in [0.25, 0.3) is 11.3 Å². The van der Waals surface area contributed by atoms with Gasteiger partial charge >= 0.3 is 5.97 Å². The molecule has 6 heteroatoms. The van der Waals surface area contributed by atoms with E-state index >= 15 is 0 Å². The number of thiazole rings is 1. The van der Waals surface area contributed by atoms with Crippen molar-refractivity contribution in [1.29, 1.82) is 0 Å². The quantitative estimate of drug-likeness (QED) is 0.746. The van der Waals surface area contributed by atoms with E-state index in [2.05, 4.69) is 9.97 Å². The van der Waals surface area contributed by atoms with Gasteiger partial charge in [-0.2, -0.15) is 0 Å². The Labute approximate surface area is 132 Å². The SMILES string of the molecule is COC(=O)c1cc(-c2csc(N(C)c3ccccc3)n2)c[nH]1. The molecule has 1 aromatic carbocycles. The lowest BCUT2D eigenvalue weighted by atomic mass is 10.2. The number of para-hydroxylation sites is 1. The lowest BCUT2D eigenvalue weighted by Gasteiger charge is -2.15. The Morgan fingerprint density at radius 1 is 1.32 bits per heavy atom. The van der Waals surface area contributed by atoms with E-state index in [4.69, 9.17) is 4.74 Å². The Hall–Kier alpha value is -2.60. The van der Waals surface area contributed by atoms with Crippen LogP contribution in [0.3, 0.4) is 0 Å². The summed E-state index contributed by atoms with van der Waals surface area (Å²) >= 11 is 1.56. The second kappa shape index (κ2) is 6.03. The molecule has 1 N–H and O–H groups in total. The van der Waals surface area contributed by atoms with Gasteiger partial charge in [0.15, 0.2) is 5.13 Å². The van der Waals surface area contributed by atoms with Crippen molar-refractivity contribution < 1.29 is 9.53 Å². The minimum Gasteiger partial charge on any atom is -0.464 e. The van der Waals surface area contributed by atoms with Gasteiger partial charge in [-0.1, -0.05) is 18.2 Å². The summed E-state index contributed by atoms with van der Waals surface area (Å²) in [6, 6.07) is 11.8. The van der Waals surface area contributed by atoms with Crippen molar-refractivity contribution in [3.63, 3.8) is 0 Å². The lowest BCUT2D eigenvalue weighted by Crippen LogP contribution is -2.08. The van der Waals surface area contributed by atoms with Gasteiger partial charge in [-0.3, -0.25) is 0 Å². The van der Waals surface area contributed by atoms with Crippen LogP contribution in [0.1, 0.15) is 10.5 Å². The van der Waals surface area contributed by atoms with Crippen LogP contribution in [0.15, 0.2) is 48.0 Å². The monoisotopic (exact) mass is 313 g/mol. The Morgan fingerprint density at radius 2 is 2.09 bits per heavy atom. The smallest absolute Gasteiger partial charge is 0.354 e. The van der Waals surface area contributed by atoms with Crippen LogP contribution in [-0.4, -0.2) is 30.1 Å². The molecule has 0 amide bonds. The second-order valence-corrected chi connectivity index (χ2v) is 5.54. The lowest BCUT2D eigenvalue weighted by molar-refractivity contribution is 0.0595. The molecule has 0 saturated heterocycles. The summed E-state index contributed by atoms with van der Waals surface area (Å²) < 4.78 is 4.69. The summed E-state index contributed by atoms with van der Waals surface area (Å²) in [6.45, 7) is 0. The van der Waals surface area contributed by atoms with Gasteiger partial charge in [-0.15, -0.1) is 11.3 Å². The molecular weight excluding hydrogens is 298 g/mol. The second-order valence-electron chi connectivity index (χ2n) is 4.70. The molecule has 22 heavy (non-hydrogen) atoms. The third kappa shape index (κ3) is 2.73. The van der Waals surface area contributed by atoms with Gasteiger partial charge in [0, 0.05) is 29.9 Å². The van der Waals surface area contributed by atoms with Crippen molar-refractivity contribution in [3.05, 3.63) is 53.7 Å². The van der Waals surface area contributed by atoms with Crippen molar-refractivity contribution in [1.82, 2.24) is 9.97 Å². The molecule has 0 radical (unpaired) electrons. The highest BCUT2D eigenvalue weighted by Crippen LogP contribution is 2.31. The van der Waals surface area contributed by atoms with Crippen molar-refractivity contribution in [2.75, 3.05) is 19.1 Å². The predicted molar refractivity (Wildman–Crippen MR) is 87.7 cm³/mol. The first-order valence-electron chi connectivity index (χ1n) is 6.70. The fourth-order valence-electron chi connectivity index (χ4n) is 2.08. The molecule has 0 bridgehead atoms. The first-order valence-corrected chi connectivity index (χ1v) is 7.58. The average Bonchev–Trinajstić information content (AvgIpc) is 3.23. The number of H-pyrrole nitrogens is 1. The van der Waals surface area contributed by atoms with Crippen LogP contribution in [-0.2, 0) is 4.74 Å². The van der Waals surface area contributed by atoms with E-state index in [0.29, 0.717) is 5.69 Å². The fraction of sp³-hybridized carbons (Fsp3) is 0.125. The summed E-state index contributed by atoms with van der Waals surface area (Å²) in [5, 5.41) is 2.86. The molecule has 0 unspecified atom stereocenters. The Kier molecular flexibility index (Phi) is 3.93. The van der Waals surface area contributed by atoms with E-state index in [-0.39, 0.29) is 5.97 Å². The molecule has 0 spiro atoms. The van der Waals surface area contributed by atoms with Crippen LogP contribution in [0.2, 0.25) is 0 Å². The van der Waals surface area contributed by atoms with Crippen LogP contribution >= 0.6 is 11.3 Å². The van der Waals surface area contributed by atoms with Crippen LogP contribution < -0.4 is 4.90 Å². The predicted octanol–water partition coefficient (Wildman–Crippen LogP) is 3.69. The number of nitrogens with zero attached hydrogens (tertiary/aromatic N) is 2. The Bertz CT molecular complexity index is 780. The van der Waals surface area contributed by atoms with Crippen LogP contribution in [0.4, 0.5) is 10.8 Å². The molecule has 5 nitrogen and oxygen atoms in total. The molecule has 3 aromatic rings. The summed E-state index contributed by atoms with van der Waals surface area (Å²) in [5.41, 5.74) is 3.19. The van der Waals surface area contributed by atoms with E-state index in [1.807, 2.05) is 47.7 Å². The number of rotatable bonds is 4. The molecular formula is C16H15N3O2S. The zero-order valence-electron chi connectivity index (χ0n) is 12.2. The molecule has 112 valence electrons. The summed E-state index contributed by atoms with van der Waals surface area (Å²) in [5.74, 6) is -0.386. The largest absolute Gasteiger partial charge is 0.464 e. The van der Waals surface area contributed by atoms with E-state index < -0.39 is 0 Å². The number of ether oxygens (including phenoxy) is 1. The van der Waals surface area contributed by atoms with Gasteiger partial charge in [0.2, 0.25) is 0 Å². The van der Waals surface area contributed by atoms with Crippen molar-refractivity contribution in [3.8, 4) is 11.3 Å². The number of anilines is 2. The standard InChI is InChI=1S/C16H15N3O2S/c1-19(12-6-4-3-5-7-12)16-18-14(10-22-16)11-8-13(17-9-11)15(20)21-2/h3-10,17H,1-2H3. The maximum absolute atomic E-state index is 11.5. The molecule has 3 rings (SSSR count). The number of hydrogen-bond acceptors (Lipinski definition) is 5. The first-order chi connectivity index (χ1) is 10.7. The Balaban J connectivity index is 1.85. The number of aromatic amines is 1. The van der Waals surface area contributed by atoms with Gasteiger partial charge < -0.3 is 14.6 Å². The number of carbonyl (C=O) groups is 1. The van der Waals surface area contributed by atoms with E-state index in [0.717, 1.165) is 22.1 Å². The first kappa shape index (κ1) is 14.3. The summed E-state index contributed by atoms with van der Waals surface area (Å²) in [7, 11) is 3.34. The molecule has 0 atom stereocenters. The number of nitrogens with one attached hydrogen (secondary N) is 1. The van der Waals surface area contributed by atoms with Gasteiger partial charge in [0.05, 0.1) is 12.8 Å². The topological polar surface area (TPSA) is 58.2 Å². The van der Waals surface area contributed by atoms with E-state index in [1.165, 1.54) is 7.11 Å². The molecule has 2 heterocycles. The third-order valence-corrected chi connectivity index (χ3v) is 4.22. The molecule has 0 aliphatic rings. The Morgan fingerprint density at radius 3 is 2.82 bits per heavy atom. The number of methoxy groups -OCH3 is 1. The van der Waals surface area contributed by atoms with Crippen molar-refractivity contribution >= 4 is 28.1 Å². The number of benzene rings is 1. The average molecular weight is 313 g/mol. The highest BCUT2D eigenvalue weighted by atomic mass is 32.1. The van der Waals surface area contributed by atoms with Gasteiger partial charge in [0.25, 0.3) is 0 Å². The minimum atomic E-state index is -0.386. The number of carbonyl (C=O) groups excluding carboxylic acids is 1. The van der Waals surface area contributed by atoms with Gasteiger partial charge in [-0.05, 0) is 18.2 Å². The maximum atomic E-state index is 11.5. The number of esters is 1. The van der Waals surface area contributed by atoms with Crippen molar-refractivity contribution in [2.45, 2.75) is 0 Å². The molecule has 0 aliphatic heterocycles. The number of hydrogen-bond donors (Lipinski definition) is 1. The zero-order chi connectivity index (χ0) is 15.5. The maximum Gasteiger partial charge on any atom is 0.354 e. The highest BCUT2D eigenvalue weighted by molar-refractivity contribution is 7.14. The number of aromatic nitrogens is 2. The van der Waals surface area contributed by atoms with Gasteiger partial charge in [-0.25, -0.2) is 9.78 Å².